The number of aromatic amines is 1. The van der Waals surface area contributed by atoms with Crippen molar-refractivity contribution in [1.29, 1.82) is 0 Å². The largest absolute Gasteiger partial charge is 0.354 e. The Labute approximate surface area is 195 Å². The second kappa shape index (κ2) is 9.47. The molecular weight excluding hydrogens is 468 g/mol. The molecule has 0 saturated heterocycles. The summed E-state index contributed by atoms with van der Waals surface area (Å²) >= 11 is 5.81. The van der Waals surface area contributed by atoms with Gasteiger partial charge in [-0.3, -0.25) is 30.0 Å². The Morgan fingerprint density at radius 1 is 0.939 bits per heavy atom. The number of ketones is 1. The minimum atomic E-state index is -3.97. The van der Waals surface area contributed by atoms with Gasteiger partial charge >= 0.3 is 0 Å². The van der Waals surface area contributed by atoms with Gasteiger partial charge < -0.3 is 4.98 Å². The zero-order valence-corrected chi connectivity index (χ0v) is 19.5. The Balaban J connectivity index is 1.72. The number of carbonyl (C=O) groups excluding carboxylic acids is 3. The highest BCUT2D eigenvalue weighted by atomic mass is 35.5. The first kappa shape index (κ1) is 24.0. The smallest absolute Gasteiger partial charge is 0.286 e. The number of Topliss-reactive ketones (excluding diaryl/α,β-unsaturated/α-hetero) is 1. The second-order valence-corrected chi connectivity index (χ2v) is 9.35. The average molecular weight is 489 g/mol. The van der Waals surface area contributed by atoms with Crippen LogP contribution in [0, 0.1) is 13.8 Å². The molecule has 0 unspecified atom stereocenters. The van der Waals surface area contributed by atoms with Gasteiger partial charge in [0.2, 0.25) is 0 Å². The van der Waals surface area contributed by atoms with Gasteiger partial charge in [0, 0.05) is 27.5 Å². The lowest BCUT2D eigenvalue weighted by molar-refractivity contribution is 0.0843. The number of benzene rings is 2. The van der Waals surface area contributed by atoms with E-state index in [9.17, 15) is 22.8 Å². The van der Waals surface area contributed by atoms with E-state index in [0.717, 1.165) is 0 Å². The summed E-state index contributed by atoms with van der Waals surface area (Å²) in [6, 6.07) is 11.4. The van der Waals surface area contributed by atoms with Gasteiger partial charge in [-0.2, -0.15) is 0 Å². The van der Waals surface area contributed by atoms with Crippen molar-refractivity contribution in [3.63, 3.8) is 0 Å². The maximum Gasteiger partial charge on any atom is 0.286 e. The highest BCUT2D eigenvalue weighted by Crippen LogP contribution is 2.20. The number of sulfonamides is 1. The molecule has 0 fully saturated rings. The molecule has 1 aromatic heterocycles. The molecule has 3 aromatic rings. The molecule has 11 heteroatoms. The van der Waals surface area contributed by atoms with E-state index in [0.29, 0.717) is 27.5 Å². The lowest BCUT2D eigenvalue weighted by Gasteiger charge is -2.10. The van der Waals surface area contributed by atoms with Gasteiger partial charge in [-0.15, -0.1) is 0 Å². The number of aryl methyl sites for hydroxylation is 1. The fraction of sp³-hybridized carbons (Fsp3) is 0.136. The van der Waals surface area contributed by atoms with E-state index in [1.165, 1.54) is 43.3 Å². The predicted molar refractivity (Wildman–Crippen MR) is 124 cm³/mol. The first-order valence-corrected chi connectivity index (χ1v) is 11.5. The lowest BCUT2D eigenvalue weighted by atomic mass is 10.1. The summed E-state index contributed by atoms with van der Waals surface area (Å²) in [7, 11) is -3.97. The fourth-order valence-corrected chi connectivity index (χ4v) is 4.52. The quantitative estimate of drug-likeness (QED) is 0.311. The van der Waals surface area contributed by atoms with Gasteiger partial charge in [0.15, 0.2) is 5.78 Å². The topological polar surface area (TPSA) is 137 Å². The van der Waals surface area contributed by atoms with Crippen LogP contribution in [0.2, 0.25) is 5.02 Å². The summed E-state index contributed by atoms with van der Waals surface area (Å²) in [5.74, 6) is -1.56. The van der Waals surface area contributed by atoms with Crippen LogP contribution >= 0.6 is 11.6 Å². The number of hydrogen-bond donors (Lipinski definition) is 4. The van der Waals surface area contributed by atoms with E-state index in [1.807, 2.05) is 0 Å². The highest BCUT2D eigenvalue weighted by molar-refractivity contribution is 7.92. The number of nitrogens with one attached hydrogen (secondary N) is 4. The van der Waals surface area contributed by atoms with Crippen LogP contribution in [0.5, 0.6) is 0 Å². The van der Waals surface area contributed by atoms with Crippen LogP contribution < -0.4 is 15.6 Å². The molecule has 0 atom stereocenters. The molecule has 0 bridgehead atoms. The molecule has 0 aliphatic carbocycles. The second-order valence-electron chi connectivity index (χ2n) is 7.23. The monoisotopic (exact) mass is 488 g/mol. The van der Waals surface area contributed by atoms with E-state index in [2.05, 4.69) is 20.6 Å². The van der Waals surface area contributed by atoms with Crippen molar-refractivity contribution < 1.29 is 22.8 Å². The number of anilines is 1. The van der Waals surface area contributed by atoms with Crippen molar-refractivity contribution in [2.45, 2.75) is 25.7 Å². The maximum absolute atomic E-state index is 12.7. The van der Waals surface area contributed by atoms with Crippen LogP contribution in [0.3, 0.4) is 0 Å². The minimum absolute atomic E-state index is 0.0121. The molecule has 3 rings (SSSR count). The zero-order valence-electron chi connectivity index (χ0n) is 17.9. The van der Waals surface area contributed by atoms with Crippen LogP contribution in [0.25, 0.3) is 0 Å². The van der Waals surface area contributed by atoms with Gasteiger partial charge in [-0.25, -0.2) is 8.42 Å². The number of hydrogen-bond acceptors (Lipinski definition) is 5. The average Bonchev–Trinajstić information content (AvgIpc) is 3.07. The minimum Gasteiger partial charge on any atom is -0.354 e. The third-order valence-electron chi connectivity index (χ3n) is 4.81. The zero-order chi connectivity index (χ0) is 24.3. The van der Waals surface area contributed by atoms with Gasteiger partial charge in [-0.1, -0.05) is 17.7 Å². The van der Waals surface area contributed by atoms with Gasteiger partial charge in [0.25, 0.3) is 21.8 Å². The molecule has 0 aliphatic heterocycles. The van der Waals surface area contributed by atoms with Crippen LogP contribution in [0.4, 0.5) is 5.69 Å². The number of amides is 2. The molecule has 33 heavy (non-hydrogen) atoms. The molecule has 0 radical (unpaired) electrons. The Kier molecular flexibility index (Phi) is 6.89. The van der Waals surface area contributed by atoms with E-state index >= 15 is 0 Å². The lowest BCUT2D eigenvalue weighted by Crippen LogP contribution is -2.42. The van der Waals surface area contributed by atoms with Crippen molar-refractivity contribution in [3.8, 4) is 0 Å². The molecule has 0 saturated carbocycles. The molecule has 0 spiro atoms. The predicted octanol–water partition coefficient (Wildman–Crippen LogP) is 3.36. The van der Waals surface area contributed by atoms with Crippen molar-refractivity contribution in [1.82, 2.24) is 15.8 Å². The van der Waals surface area contributed by atoms with Crippen LogP contribution in [0.15, 0.2) is 53.4 Å². The number of hydrazine groups is 1. The number of carbonyl (C=O) groups is 3. The summed E-state index contributed by atoms with van der Waals surface area (Å²) in [5, 5.41) is 0.459. The third kappa shape index (κ3) is 5.41. The Hall–Kier alpha value is -3.63. The molecule has 0 aliphatic rings. The summed E-state index contributed by atoms with van der Waals surface area (Å²) in [6.07, 6.45) is 0. The third-order valence-corrected chi connectivity index (χ3v) is 6.44. The van der Waals surface area contributed by atoms with E-state index in [-0.39, 0.29) is 21.9 Å². The standard InChI is InChI=1S/C22H21ClN4O5S/c1-12-19(14(3)28)13(2)24-20(12)22(30)26-25-21(29)15-5-4-6-18(11-15)33(31,32)27-17-9-7-16(23)8-10-17/h4-11,24,27H,1-3H3,(H,25,29)(H,26,30). The van der Waals surface area contributed by atoms with E-state index in [4.69, 9.17) is 11.6 Å². The Bertz CT molecular complexity index is 1350. The first-order chi connectivity index (χ1) is 15.5. The van der Waals surface area contributed by atoms with Crippen LogP contribution in [-0.2, 0) is 10.0 Å². The van der Waals surface area contributed by atoms with Crippen LogP contribution in [-0.4, -0.2) is 31.0 Å². The molecule has 1 heterocycles. The first-order valence-electron chi connectivity index (χ1n) is 9.69. The SMILES string of the molecule is CC(=O)c1c(C)[nH]c(C(=O)NNC(=O)c2cccc(S(=O)(=O)Nc3ccc(Cl)cc3)c2)c1C. The molecule has 4 N–H and O–H groups in total. The van der Waals surface area contributed by atoms with Crippen LogP contribution in [0.1, 0.15) is 49.4 Å². The van der Waals surface area contributed by atoms with Gasteiger partial charge in [0.1, 0.15) is 5.69 Å². The van der Waals surface area contributed by atoms with E-state index < -0.39 is 21.8 Å². The summed E-state index contributed by atoms with van der Waals surface area (Å²) in [6.45, 7) is 4.69. The molecule has 2 aromatic carbocycles. The Morgan fingerprint density at radius 2 is 1.58 bits per heavy atom. The summed E-state index contributed by atoms with van der Waals surface area (Å²) < 4.78 is 27.7. The maximum atomic E-state index is 12.7. The number of aromatic nitrogens is 1. The fourth-order valence-electron chi connectivity index (χ4n) is 3.29. The Morgan fingerprint density at radius 3 is 2.18 bits per heavy atom. The molecular formula is C22H21ClN4O5S. The number of rotatable bonds is 6. The van der Waals surface area contributed by atoms with E-state index in [1.54, 1.807) is 26.0 Å². The summed E-state index contributed by atoms with van der Waals surface area (Å²) in [4.78, 5) is 39.4. The van der Waals surface area contributed by atoms with Crippen molar-refractivity contribution in [2.75, 3.05) is 4.72 Å². The molecule has 9 nitrogen and oxygen atoms in total. The van der Waals surface area contributed by atoms with Crippen molar-refractivity contribution >= 4 is 44.9 Å². The highest BCUT2D eigenvalue weighted by Gasteiger charge is 2.21. The van der Waals surface area contributed by atoms with Gasteiger partial charge in [-0.05, 0) is 68.8 Å². The van der Waals surface area contributed by atoms with Gasteiger partial charge in [0.05, 0.1) is 4.90 Å². The summed E-state index contributed by atoms with van der Waals surface area (Å²) in [5.41, 5.74) is 6.39. The number of H-pyrrole nitrogens is 1. The normalized spacial score (nSPS) is 11.0. The number of halogens is 1. The molecule has 2 amide bonds. The molecule has 172 valence electrons. The van der Waals surface area contributed by atoms with Crippen molar-refractivity contribution in [2.24, 2.45) is 0 Å². The van der Waals surface area contributed by atoms with Crippen molar-refractivity contribution in [3.05, 3.63) is 81.6 Å².